The van der Waals surface area contributed by atoms with Gasteiger partial charge in [0.15, 0.2) is 0 Å². The number of esters is 1. The third-order valence-corrected chi connectivity index (χ3v) is 5.96. The summed E-state index contributed by atoms with van der Waals surface area (Å²) in [7, 11) is 0. The maximum Gasteiger partial charge on any atom is 0.325 e. The lowest BCUT2D eigenvalue weighted by atomic mass is 9.94. The minimum absolute atomic E-state index is 0.0125. The average molecular weight is 421 g/mol. The van der Waals surface area contributed by atoms with Crippen LogP contribution in [0.5, 0.6) is 0 Å². The molecule has 0 saturated heterocycles. The number of carbonyl (C=O) groups excluding carboxylic acids is 3. The summed E-state index contributed by atoms with van der Waals surface area (Å²) in [5.74, 6) is -0.441. The number of carbonyl (C=O) groups is 3. The summed E-state index contributed by atoms with van der Waals surface area (Å²) < 4.78 is 4.84. The summed E-state index contributed by atoms with van der Waals surface area (Å²) in [6, 6.07) is 15.5. The van der Waals surface area contributed by atoms with Crippen molar-refractivity contribution < 1.29 is 19.1 Å². The molecular weight excluding hydrogens is 394 g/mol. The van der Waals surface area contributed by atoms with Crippen molar-refractivity contribution in [1.29, 1.82) is 0 Å². The van der Waals surface area contributed by atoms with E-state index in [0.717, 1.165) is 41.6 Å². The molecule has 0 aromatic heterocycles. The van der Waals surface area contributed by atoms with Gasteiger partial charge in [-0.1, -0.05) is 36.4 Å². The van der Waals surface area contributed by atoms with E-state index in [1.807, 2.05) is 48.5 Å². The normalized spacial score (nSPS) is 16.1. The number of anilines is 1. The van der Waals surface area contributed by atoms with E-state index < -0.39 is 11.4 Å². The molecule has 1 saturated carbocycles. The molecule has 2 aliphatic rings. The Kier molecular flexibility index (Phi) is 5.93. The van der Waals surface area contributed by atoms with E-state index in [4.69, 9.17) is 4.74 Å². The second-order valence-electron chi connectivity index (χ2n) is 8.02. The van der Waals surface area contributed by atoms with Gasteiger partial charge in [0, 0.05) is 18.8 Å². The van der Waals surface area contributed by atoms with Crippen molar-refractivity contribution >= 4 is 23.6 Å². The number of nitrogens with zero attached hydrogens (tertiary/aromatic N) is 1. The topological polar surface area (TPSA) is 87.7 Å². The summed E-state index contributed by atoms with van der Waals surface area (Å²) in [4.78, 5) is 38.6. The number of urea groups is 1. The van der Waals surface area contributed by atoms with Crippen LogP contribution < -0.4 is 10.6 Å². The fourth-order valence-electron chi connectivity index (χ4n) is 4.06. The zero-order valence-corrected chi connectivity index (χ0v) is 17.6. The second kappa shape index (κ2) is 8.79. The second-order valence-corrected chi connectivity index (χ2v) is 8.02. The first-order chi connectivity index (χ1) is 15.0. The van der Waals surface area contributed by atoms with Crippen LogP contribution in [0.25, 0.3) is 0 Å². The zero-order chi connectivity index (χ0) is 21.8. The first kappa shape index (κ1) is 20.9. The number of amides is 3. The predicted molar refractivity (Wildman–Crippen MR) is 117 cm³/mol. The monoisotopic (exact) mass is 421 g/mol. The Hall–Kier alpha value is -3.35. The van der Waals surface area contributed by atoms with Gasteiger partial charge >= 0.3 is 12.0 Å². The van der Waals surface area contributed by atoms with Gasteiger partial charge in [0.05, 0.1) is 12.0 Å². The smallest absolute Gasteiger partial charge is 0.325 e. The van der Waals surface area contributed by atoms with Crippen LogP contribution in [-0.2, 0) is 32.7 Å². The van der Waals surface area contributed by atoms with Gasteiger partial charge in [0.1, 0.15) is 6.54 Å². The van der Waals surface area contributed by atoms with Crippen molar-refractivity contribution in [3.63, 3.8) is 0 Å². The Morgan fingerprint density at radius 3 is 2.55 bits per heavy atom. The molecule has 0 spiro atoms. The molecule has 3 amide bonds. The molecule has 1 aliphatic heterocycles. The van der Waals surface area contributed by atoms with Crippen molar-refractivity contribution in [2.24, 2.45) is 0 Å². The molecule has 0 atom stereocenters. The first-order valence-electron chi connectivity index (χ1n) is 10.7. The number of benzene rings is 2. The van der Waals surface area contributed by atoms with Gasteiger partial charge in [-0.3, -0.25) is 9.59 Å². The molecule has 0 bridgehead atoms. The van der Waals surface area contributed by atoms with Crippen LogP contribution in [-0.4, -0.2) is 42.5 Å². The van der Waals surface area contributed by atoms with E-state index >= 15 is 0 Å². The number of fused-ring (bicyclic) bond motifs is 1. The van der Waals surface area contributed by atoms with Crippen LogP contribution >= 0.6 is 0 Å². The summed E-state index contributed by atoms with van der Waals surface area (Å²) in [5.41, 5.74) is 3.52. The van der Waals surface area contributed by atoms with Crippen LogP contribution in [0.1, 0.15) is 36.5 Å². The van der Waals surface area contributed by atoms with Gasteiger partial charge in [0.2, 0.25) is 5.91 Å². The number of ether oxygens (including phenoxy) is 1. The molecule has 2 aromatic rings. The molecule has 31 heavy (non-hydrogen) atoms. The van der Waals surface area contributed by atoms with Crippen LogP contribution in [0.4, 0.5) is 10.5 Å². The van der Waals surface area contributed by atoms with Crippen LogP contribution in [0.15, 0.2) is 48.5 Å². The quantitative estimate of drug-likeness (QED) is 0.702. The standard InChI is InChI=1S/C24H27N3O4/c1-2-31-21(28)15-25-23(30)27-13-10-17-8-9-20(14-18(17)16-27)26-22(29)24(11-12-24)19-6-4-3-5-7-19/h3-9,14H,2,10-13,15-16H2,1H3,(H,25,30)(H,26,29). The molecule has 2 aromatic carbocycles. The molecule has 7 heteroatoms. The average Bonchev–Trinajstić information content (AvgIpc) is 3.60. The minimum atomic E-state index is -0.453. The molecule has 162 valence electrons. The maximum absolute atomic E-state index is 13.0. The van der Waals surface area contributed by atoms with Gasteiger partial charge in [-0.05, 0) is 55.0 Å². The molecular formula is C24H27N3O4. The van der Waals surface area contributed by atoms with E-state index in [1.165, 1.54) is 0 Å². The van der Waals surface area contributed by atoms with Crippen LogP contribution in [0, 0.1) is 0 Å². The van der Waals surface area contributed by atoms with Gasteiger partial charge in [0.25, 0.3) is 0 Å². The van der Waals surface area contributed by atoms with Crippen molar-refractivity contribution in [3.8, 4) is 0 Å². The number of hydrogen-bond acceptors (Lipinski definition) is 4. The molecule has 7 nitrogen and oxygen atoms in total. The van der Waals surface area contributed by atoms with Crippen molar-refractivity contribution in [2.45, 2.75) is 38.1 Å². The van der Waals surface area contributed by atoms with Crippen molar-refractivity contribution in [1.82, 2.24) is 10.2 Å². The Balaban J connectivity index is 1.40. The van der Waals surface area contributed by atoms with Gasteiger partial charge < -0.3 is 20.3 Å². The lowest BCUT2D eigenvalue weighted by Gasteiger charge is -2.29. The van der Waals surface area contributed by atoms with Gasteiger partial charge in [-0.25, -0.2) is 4.79 Å². The summed E-state index contributed by atoms with van der Waals surface area (Å²) >= 11 is 0. The molecule has 0 unspecified atom stereocenters. The lowest BCUT2D eigenvalue weighted by Crippen LogP contribution is -2.44. The number of nitrogens with one attached hydrogen (secondary N) is 2. The minimum Gasteiger partial charge on any atom is -0.465 e. The summed E-state index contributed by atoms with van der Waals surface area (Å²) in [6.07, 6.45) is 2.43. The summed E-state index contributed by atoms with van der Waals surface area (Å²) in [5, 5.41) is 5.68. The predicted octanol–water partition coefficient (Wildman–Crippen LogP) is 2.99. The molecule has 1 fully saturated rings. The molecule has 1 heterocycles. The maximum atomic E-state index is 13.0. The number of rotatable bonds is 6. The Morgan fingerprint density at radius 1 is 1.06 bits per heavy atom. The third kappa shape index (κ3) is 4.55. The zero-order valence-electron chi connectivity index (χ0n) is 17.6. The molecule has 4 rings (SSSR count). The van der Waals surface area contributed by atoms with Crippen molar-refractivity contribution in [2.75, 3.05) is 25.0 Å². The number of hydrogen-bond donors (Lipinski definition) is 2. The van der Waals surface area contributed by atoms with E-state index in [9.17, 15) is 14.4 Å². The van der Waals surface area contributed by atoms with Gasteiger partial charge in [-0.2, -0.15) is 0 Å². The van der Waals surface area contributed by atoms with Crippen molar-refractivity contribution in [3.05, 3.63) is 65.2 Å². The van der Waals surface area contributed by atoms with Crippen LogP contribution in [0.3, 0.4) is 0 Å². The Bertz CT molecular complexity index is 986. The van der Waals surface area contributed by atoms with E-state index in [-0.39, 0.29) is 25.1 Å². The highest BCUT2D eigenvalue weighted by atomic mass is 16.5. The lowest BCUT2D eigenvalue weighted by molar-refractivity contribution is -0.141. The van der Waals surface area contributed by atoms with E-state index in [1.54, 1.807) is 11.8 Å². The van der Waals surface area contributed by atoms with E-state index in [0.29, 0.717) is 13.1 Å². The Labute approximate surface area is 181 Å². The third-order valence-electron chi connectivity index (χ3n) is 5.96. The molecule has 0 radical (unpaired) electrons. The Morgan fingerprint density at radius 2 is 1.84 bits per heavy atom. The highest BCUT2D eigenvalue weighted by molar-refractivity contribution is 6.01. The largest absolute Gasteiger partial charge is 0.465 e. The fourth-order valence-corrected chi connectivity index (χ4v) is 4.06. The highest BCUT2D eigenvalue weighted by Gasteiger charge is 2.51. The molecule has 2 N–H and O–H groups in total. The van der Waals surface area contributed by atoms with E-state index in [2.05, 4.69) is 10.6 Å². The highest BCUT2D eigenvalue weighted by Crippen LogP contribution is 2.49. The molecule has 1 aliphatic carbocycles. The SMILES string of the molecule is CCOC(=O)CNC(=O)N1CCc2ccc(NC(=O)C3(c4ccccc4)CC3)cc2C1. The first-order valence-corrected chi connectivity index (χ1v) is 10.7. The fraction of sp³-hybridized carbons (Fsp3) is 0.375. The van der Waals surface area contributed by atoms with Crippen LogP contribution in [0.2, 0.25) is 0 Å². The summed E-state index contributed by atoms with van der Waals surface area (Å²) in [6.45, 7) is 2.87. The van der Waals surface area contributed by atoms with Gasteiger partial charge in [-0.15, -0.1) is 0 Å².